The second-order valence-electron chi connectivity index (χ2n) is 5.21. The number of rotatable bonds is 2. The second-order valence-corrected chi connectivity index (χ2v) is 5.21. The molecule has 0 aromatic rings. The van der Waals surface area contributed by atoms with Crippen molar-refractivity contribution in [1.82, 2.24) is 4.90 Å². The van der Waals surface area contributed by atoms with Gasteiger partial charge in [0, 0.05) is 12.1 Å². The SMILES string of the molecule is CC(C)C1CCN(C(C)C)[C@@H](C)C1. The van der Waals surface area contributed by atoms with Gasteiger partial charge in [0.1, 0.15) is 0 Å². The van der Waals surface area contributed by atoms with Gasteiger partial charge in [-0.05, 0) is 52.0 Å². The summed E-state index contributed by atoms with van der Waals surface area (Å²) in [6.07, 6.45) is 2.80. The van der Waals surface area contributed by atoms with Crippen LogP contribution in [0.4, 0.5) is 0 Å². The van der Waals surface area contributed by atoms with Crippen molar-refractivity contribution < 1.29 is 0 Å². The van der Waals surface area contributed by atoms with E-state index in [2.05, 4.69) is 39.5 Å². The third-order valence-corrected chi connectivity index (χ3v) is 3.57. The van der Waals surface area contributed by atoms with Crippen LogP contribution in [0.2, 0.25) is 0 Å². The maximum atomic E-state index is 2.64. The van der Waals surface area contributed by atoms with Crippen LogP contribution in [0, 0.1) is 11.8 Å². The molecule has 1 aliphatic rings. The standard InChI is InChI=1S/C12H25N/c1-9(2)12-6-7-13(10(3)4)11(5)8-12/h9-12H,6-8H2,1-5H3/t11-,12?/m0/s1. The Bertz CT molecular complexity index is 151. The van der Waals surface area contributed by atoms with E-state index in [-0.39, 0.29) is 0 Å². The summed E-state index contributed by atoms with van der Waals surface area (Å²) in [4.78, 5) is 2.64. The fraction of sp³-hybridized carbons (Fsp3) is 1.00. The lowest BCUT2D eigenvalue weighted by Gasteiger charge is -2.41. The molecule has 78 valence electrons. The Hall–Kier alpha value is -0.0400. The van der Waals surface area contributed by atoms with E-state index in [1.165, 1.54) is 19.4 Å². The van der Waals surface area contributed by atoms with Crippen molar-refractivity contribution >= 4 is 0 Å². The van der Waals surface area contributed by atoms with Crippen molar-refractivity contribution in [2.24, 2.45) is 11.8 Å². The molecule has 0 aromatic carbocycles. The van der Waals surface area contributed by atoms with Gasteiger partial charge in [-0.3, -0.25) is 4.90 Å². The summed E-state index contributed by atoms with van der Waals surface area (Å²) in [6, 6.07) is 1.52. The van der Waals surface area contributed by atoms with Gasteiger partial charge in [0.05, 0.1) is 0 Å². The van der Waals surface area contributed by atoms with Crippen molar-refractivity contribution in [3.8, 4) is 0 Å². The third-order valence-electron chi connectivity index (χ3n) is 3.57. The lowest BCUT2D eigenvalue weighted by atomic mass is 9.83. The molecule has 0 aromatic heterocycles. The van der Waals surface area contributed by atoms with Gasteiger partial charge in [-0.15, -0.1) is 0 Å². The number of likely N-dealkylation sites (tertiary alicyclic amines) is 1. The van der Waals surface area contributed by atoms with Crippen molar-refractivity contribution in [2.75, 3.05) is 6.54 Å². The molecule has 0 spiro atoms. The van der Waals surface area contributed by atoms with Crippen LogP contribution in [0.1, 0.15) is 47.5 Å². The highest BCUT2D eigenvalue weighted by Crippen LogP contribution is 2.29. The Kier molecular flexibility index (Phi) is 3.78. The van der Waals surface area contributed by atoms with E-state index in [1.807, 2.05) is 0 Å². The van der Waals surface area contributed by atoms with Crippen LogP contribution in [-0.2, 0) is 0 Å². The molecule has 1 heterocycles. The summed E-state index contributed by atoms with van der Waals surface area (Å²) < 4.78 is 0. The highest BCUT2D eigenvalue weighted by Gasteiger charge is 2.28. The van der Waals surface area contributed by atoms with E-state index in [9.17, 15) is 0 Å². The summed E-state index contributed by atoms with van der Waals surface area (Å²) in [6.45, 7) is 13.0. The molecule has 0 radical (unpaired) electrons. The first kappa shape index (κ1) is 11.0. The van der Waals surface area contributed by atoms with Crippen LogP contribution < -0.4 is 0 Å². The molecule has 1 rings (SSSR count). The van der Waals surface area contributed by atoms with Gasteiger partial charge in [0.15, 0.2) is 0 Å². The maximum Gasteiger partial charge on any atom is 0.00723 e. The molecule has 0 aliphatic carbocycles. The molecule has 1 heteroatoms. The molecule has 0 saturated carbocycles. The van der Waals surface area contributed by atoms with Crippen LogP contribution in [0.5, 0.6) is 0 Å². The van der Waals surface area contributed by atoms with Gasteiger partial charge in [0.2, 0.25) is 0 Å². The number of hydrogen-bond acceptors (Lipinski definition) is 1. The minimum atomic E-state index is 0.725. The third kappa shape index (κ3) is 2.70. The Balaban J connectivity index is 2.46. The number of nitrogens with zero attached hydrogens (tertiary/aromatic N) is 1. The van der Waals surface area contributed by atoms with Crippen LogP contribution in [-0.4, -0.2) is 23.5 Å². The maximum absolute atomic E-state index is 2.64. The topological polar surface area (TPSA) is 3.24 Å². The fourth-order valence-electron chi connectivity index (χ4n) is 2.60. The normalized spacial score (nSPS) is 31.6. The van der Waals surface area contributed by atoms with Gasteiger partial charge in [-0.25, -0.2) is 0 Å². The van der Waals surface area contributed by atoms with Crippen molar-refractivity contribution in [3.05, 3.63) is 0 Å². The molecule has 2 atom stereocenters. The second kappa shape index (κ2) is 4.45. The lowest BCUT2D eigenvalue weighted by molar-refractivity contribution is 0.0764. The van der Waals surface area contributed by atoms with E-state index in [0.717, 1.165) is 23.9 Å². The lowest BCUT2D eigenvalue weighted by Crippen LogP contribution is -2.45. The Morgan fingerprint density at radius 2 is 1.77 bits per heavy atom. The molecule has 1 saturated heterocycles. The van der Waals surface area contributed by atoms with Gasteiger partial charge in [-0.1, -0.05) is 13.8 Å². The Labute approximate surface area is 83.5 Å². The van der Waals surface area contributed by atoms with Gasteiger partial charge in [0.25, 0.3) is 0 Å². The highest BCUT2D eigenvalue weighted by atomic mass is 15.2. The van der Waals surface area contributed by atoms with Crippen molar-refractivity contribution in [3.63, 3.8) is 0 Å². The predicted octanol–water partition coefficient (Wildman–Crippen LogP) is 3.15. The van der Waals surface area contributed by atoms with E-state index in [4.69, 9.17) is 0 Å². The molecule has 0 amide bonds. The summed E-state index contributed by atoms with van der Waals surface area (Å²) in [7, 11) is 0. The van der Waals surface area contributed by atoms with E-state index in [1.54, 1.807) is 0 Å². The smallest absolute Gasteiger partial charge is 0.00723 e. The summed E-state index contributed by atoms with van der Waals surface area (Å²) in [5.74, 6) is 1.83. The van der Waals surface area contributed by atoms with Crippen LogP contribution in [0.15, 0.2) is 0 Å². The highest BCUT2D eigenvalue weighted by molar-refractivity contribution is 4.81. The molecule has 13 heavy (non-hydrogen) atoms. The molecule has 1 fully saturated rings. The first-order valence-corrected chi connectivity index (χ1v) is 5.78. The van der Waals surface area contributed by atoms with Crippen LogP contribution >= 0.6 is 0 Å². The number of piperidine rings is 1. The first-order chi connectivity index (χ1) is 6.02. The summed E-state index contributed by atoms with van der Waals surface area (Å²) in [5.41, 5.74) is 0. The summed E-state index contributed by atoms with van der Waals surface area (Å²) in [5, 5.41) is 0. The van der Waals surface area contributed by atoms with Crippen LogP contribution in [0.3, 0.4) is 0 Å². The molecule has 1 aliphatic heterocycles. The number of hydrogen-bond donors (Lipinski definition) is 0. The minimum absolute atomic E-state index is 0.725. The summed E-state index contributed by atoms with van der Waals surface area (Å²) >= 11 is 0. The molecule has 1 nitrogen and oxygen atoms in total. The van der Waals surface area contributed by atoms with Crippen molar-refractivity contribution in [2.45, 2.75) is 59.5 Å². The van der Waals surface area contributed by atoms with Gasteiger partial charge >= 0.3 is 0 Å². The molecule has 0 bridgehead atoms. The fourth-order valence-corrected chi connectivity index (χ4v) is 2.60. The van der Waals surface area contributed by atoms with E-state index < -0.39 is 0 Å². The average molecular weight is 183 g/mol. The molecular formula is C12H25N. The molecule has 1 unspecified atom stereocenters. The minimum Gasteiger partial charge on any atom is -0.298 e. The Morgan fingerprint density at radius 3 is 2.15 bits per heavy atom. The van der Waals surface area contributed by atoms with Crippen molar-refractivity contribution in [1.29, 1.82) is 0 Å². The van der Waals surface area contributed by atoms with Crippen LogP contribution in [0.25, 0.3) is 0 Å². The zero-order chi connectivity index (χ0) is 10.0. The zero-order valence-corrected chi connectivity index (χ0v) is 9.88. The van der Waals surface area contributed by atoms with Gasteiger partial charge in [-0.2, -0.15) is 0 Å². The monoisotopic (exact) mass is 183 g/mol. The Morgan fingerprint density at radius 1 is 1.15 bits per heavy atom. The quantitative estimate of drug-likeness (QED) is 0.635. The largest absolute Gasteiger partial charge is 0.298 e. The average Bonchev–Trinajstić information content (AvgIpc) is 2.03. The zero-order valence-electron chi connectivity index (χ0n) is 9.88. The molecule has 0 N–H and O–H groups in total. The first-order valence-electron chi connectivity index (χ1n) is 5.78. The predicted molar refractivity (Wildman–Crippen MR) is 58.9 cm³/mol. The molecular weight excluding hydrogens is 158 g/mol. The van der Waals surface area contributed by atoms with E-state index in [0.29, 0.717) is 0 Å². The van der Waals surface area contributed by atoms with Gasteiger partial charge < -0.3 is 0 Å². The van der Waals surface area contributed by atoms with E-state index >= 15 is 0 Å².